The van der Waals surface area contributed by atoms with Crippen molar-refractivity contribution in [2.24, 2.45) is 0 Å². The minimum Gasteiger partial charge on any atom is -0.502 e. The summed E-state index contributed by atoms with van der Waals surface area (Å²) in [5, 5.41) is 11.8. The van der Waals surface area contributed by atoms with Crippen LogP contribution in [0.3, 0.4) is 0 Å². The lowest BCUT2D eigenvalue weighted by molar-refractivity contribution is 0.341. The highest BCUT2D eigenvalue weighted by Gasteiger charge is 2.13. The third-order valence-corrected chi connectivity index (χ3v) is 1.70. The number of benzene rings is 1. The van der Waals surface area contributed by atoms with Crippen LogP contribution in [0.5, 0.6) is 17.2 Å². The molecule has 0 fully saturated rings. The summed E-state index contributed by atoms with van der Waals surface area (Å²) in [5.41, 5.74) is 0.334. The van der Waals surface area contributed by atoms with Crippen LogP contribution >= 0.6 is 0 Å². The molecule has 14 heavy (non-hydrogen) atoms. The normalized spacial score (nSPS) is 9.29. The Morgan fingerprint density at radius 1 is 1.36 bits per heavy atom. The second kappa shape index (κ2) is 4.36. The van der Waals surface area contributed by atoms with Crippen LogP contribution in [-0.2, 0) is 4.79 Å². The van der Waals surface area contributed by atoms with Gasteiger partial charge in [0.1, 0.15) is 0 Å². The Hall–Kier alpha value is -1.91. The topological polar surface area (TPSA) is 67.8 Å². The molecule has 0 aliphatic heterocycles. The van der Waals surface area contributed by atoms with Gasteiger partial charge in [0, 0.05) is 0 Å². The number of rotatable bonds is 4. The average molecular weight is 196 g/mol. The molecule has 1 radical (unpaired) electrons. The summed E-state index contributed by atoms with van der Waals surface area (Å²) in [6.07, 6.45) is 1.49. The van der Waals surface area contributed by atoms with Crippen molar-refractivity contribution in [1.82, 2.24) is 0 Å². The predicted molar refractivity (Wildman–Crippen MR) is 50.5 cm³/mol. The highest BCUT2D eigenvalue weighted by molar-refractivity contribution is 5.79. The van der Waals surface area contributed by atoms with Gasteiger partial charge in [-0.15, -0.1) is 0 Å². The Morgan fingerprint density at radius 3 is 2.57 bits per heavy atom. The number of phenolic OH excluding ortho intramolecular Hbond substituents is 1. The minimum absolute atomic E-state index is 0.146. The van der Waals surface area contributed by atoms with E-state index in [1.165, 1.54) is 26.7 Å². The number of aromatic hydroxyl groups is 1. The summed E-state index contributed by atoms with van der Waals surface area (Å²) in [7, 11) is 2.80. The van der Waals surface area contributed by atoms with E-state index in [9.17, 15) is 9.90 Å². The van der Waals surface area contributed by atoms with Gasteiger partial charge in [0.05, 0.1) is 19.9 Å². The number of phenols is 1. The first-order valence-electron chi connectivity index (χ1n) is 3.81. The molecule has 0 saturated heterocycles. The molecule has 1 amide bonds. The lowest BCUT2D eigenvalue weighted by atomic mass is 10.2. The third-order valence-electron chi connectivity index (χ3n) is 1.70. The van der Waals surface area contributed by atoms with Crippen molar-refractivity contribution in [2.45, 2.75) is 0 Å². The van der Waals surface area contributed by atoms with Crippen molar-refractivity contribution < 1.29 is 19.4 Å². The summed E-state index contributed by atoms with van der Waals surface area (Å²) in [4.78, 5) is 10.1. The van der Waals surface area contributed by atoms with Crippen molar-refractivity contribution in [3.05, 3.63) is 12.1 Å². The van der Waals surface area contributed by atoms with Gasteiger partial charge in [-0.05, 0) is 12.1 Å². The first-order valence-corrected chi connectivity index (χ1v) is 3.81. The van der Waals surface area contributed by atoms with Gasteiger partial charge in [-0.1, -0.05) is 0 Å². The number of ether oxygens (including phenoxy) is 2. The van der Waals surface area contributed by atoms with Crippen LogP contribution in [0.2, 0.25) is 0 Å². The van der Waals surface area contributed by atoms with Crippen LogP contribution in [0.15, 0.2) is 12.1 Å². The molecule has 0 atom stereocenters. The lowest BCUT2D eigenvalue weighted by Gasteiger charge is -2.11. The zero-order valence-electron chi connectivity index (χ0n) is 7.83. The highest BCUT2D eigenvalue weighted by Crippen LogP contribution is 2.41. The average Bonchev–Trinajstić information content (AvgIpc) is 2.19. The van der Waals surface area contributed by atoms with E-state index < -0.39 is 0 Å². The molecule has 1 aromatic carbocycles. The Kier molecular flexibility index (Phi) is 3.17. The monoisotopic (exact) mass is 196 g/mol. The van der Waals surface area contributed by atoms with Crippen LogP contribution in [-0.4, -0.2) is 25.7 Å². The molecule has 75 valence electrons. The Balaban J connectivity index is 3.20. The van der Waals surface area contributed by atoms with E-state index in [1.807, 2.05) is 0 Å². The maximum Gasteiger partial charge on any atom is 0.314 e. The largest absolute Gasteiger partial charge is 0.502 e. The van der Waals surface area contributed by atoms with Gasteiger partial charge < -0.3 is 19.9 Å². The third kappa shape index (κ3) is 1.71. The molecule has 2 N–H and O–H groups in total. The Labute approximate surface area is 81.3 Å². The fourth-order valence-corrected chi connectivity index (χ4v) is 1.08. The maximum atomic E-state index is 10.1. The van der Waals surface area contributed by atoms with Crippen LogP contribution in [0, 0.1) is 0 Å². The fourth-order valence-electron chi connectivity index (χ4n) is 1.08. The predicted octanol–water partition coefficient (Wildman–Crippen LogP) is 0.888. The van der Waals surface area contributed by atoms with Crippen LogP contribution < -0.4 is 14.8 Å². The SMILES string of the molecule is COc1ccc(N[C]=O)c(OC)c1O. The van der Waals surface area contributed by atoms with E-state index in [0.29, 0.717) is 5.69 Å². The fraction of sp³-hybridized carbons (Fsp3) is 0.222. The van der Waals surface area contributed by atoms with Gasteiger partial charge in [-0.3, -0.25) is 4.79 Å². The molecule has 0 saturated carbocycles. The van der Waals surface area contributed by atoms with Crippen molar-refractivity contribution in [3.63, 3.8) is 0 Å². The zero-order valence-corrected chi connectivity index (χ0v) is 7.83. The summed E-state index contributed by atoms with van der Waals surface area (Å²) >= 11 is 0. The standard InChI is InChI=1S/C9H10NO4/c1-13-7-4-3-6(10-5-11)9(14-2)8(7)12/h3-4,12H,1-2H3,(H,10,11). The Bertz CT molecular complexity index is 338. The smallest absolute Gasteiger partial charge is 0.314 e. The molecule has 0 spiro atoms. The van der Waals surface area contributed by atoms with Gasteiger partial charge in [0.15, 0.2) is 11.5 Å². The first kappa shape index (κ1) is 10.2. The number of anilines is 1. The molecule has 1 aromatic rings. The second-order valence-corrected chi connectivity index (χ2v) is 2.42. The van der Waals surface area contributed by atoms with E-state index >= 15 is 0 Å². The van der Waals surface area contributed by atoms with E-state index in [-0.39, 0.29) is 17.2 Å². The van der Waals surface area contributed by atoms with Gasteiger partial charge in [-0.2, -0.15) is 0 Å². The molecule has 0 aliphatic carbocycles. The second-order valence-electron chi connectivity index (χ2n) is 2.42. The number of hydrogen-bond acceptors (Lipinski definition) is 4. The van der Waals surface area contributed by atoms with Gasteiger partial charge in [-0.25, -0.2) is 0 Å². The molecular weight excluding hydrogens is 186 g/mol. The molecule has 0 aliphatic rings. The summed E-state index contributed by atoms with van der Waals surface area (Å²) in [5.74, 6) is 0.265. The van der Waals surface area contributed by atoms with Gasteiger partial charge in [0.2, 0.25) is 5.75 Å². The molecule has 0 heterocycles. The summed E-state index contributed by atoms with van der Waals surface area (Å²) in [6.45, 7) is 0. The highest BCUT2D eigenvalue weighted by atomic mass is 16.5. The quantitative estimate of drug-likeness (QED) is 0.702. The van der Waals surface area contributed by atoms with Crippen molar-refractivity contribution >= 4 is 12.1 Å². The summed E-state index contributed by atoms with van der Waals surface area (Å²) in [6, 6.07) is 3.06. The molecule has 5 heteroatoms. The van der Waals surface area contributed by atoms with E-state index in [1.54, 1.807) is 6.07 Å². The molecule has 0 unspecified atom stereocenters. The molecule has 1 rings (SSSR count). The lowest BCUT2D eigenvalue weighted by Crippen LogP contribution is -1.98. The molecule has 0 bridgehead atoms. The Morgan fingerprint density at radius 2 is 2.07 bits per heavy atom. The number of methoxy groups -OCH3 is 2. The number of hydrogen-bond donors (Lipinski definition) is 2. The van der Waals surface area contributed by atoms with Crippen LogP contribution in [0.1, 0.15) is 0 Å². The van der Waals surface area contributed by atoms with E-state index in [0.717, 1.165) is 0 Å². The van der Waals surface area contributed by atoms with Crippen LogP contribution in [0.25, 0.3) is 0 Å². The number of nitrogens with one attached hydrogen (secondary N) is 1. The number of amides is 1. The van der Waals surface area contributed by atoms with Crippen molar-refractivity contribution in [1.29, 1.82) is 0 Å². The van der Waals surface area contributed by atoms with Gasteiger partial charge >= 0.3 is 6.41 Å². The summed E-state index contributed by atoms with van der Waals surface area (Å²) < 4.78 is 9.76. The van der Waals surface area contributed by atoms with Crippen LogP contribution in [0.4, 0.5) is 5.69 Å². The van der Waals surface area contributed by atoms with Crippen molar-refractivity contribution in [3.8, 4) is 17.2 Å². The molecule has 5 nitrogen and oxygen atoms in total. The zero-order chi connectivity index (χ0) is 10.6. The number of carbonyl (C=O) groups excluding carboxylic acids is 1. The van der Waals surface area contributed by atoms with Crippen molar-refractivity contribution in [2.75, 3.05) is 19.5 Å². The minimum atomic E-state index is -0.157. The first-order chi connectivity index (χ1) is 6.74. The van der Waals surface area contributed by atoms with E-state index in [2.05, 4.69) is 5.32 Å². The maximum absolute atomic E-state index is 10.1. The van der Waals surface area contributed by atoms with E-state index in [4.69, 9.17) is 9.47 Å². The molecular formula is C9H10NO4. The molecule has 0 aromatic heterocycles. The van der Waals surface area contributed by atoms with Gasteiger partial charge in [0.25, 0.3) is 0 Å².